The van der Waals surface area contributed by atoms with Gasteiger partial charge in [-0.25, -0.2) is 0 Å². The molecule has 60 valence electrons. The van der Waals surface area contributed by atoms with E-state index in [9.17, 15) is 5.11 Å². The first kappa shape index (κ1) is 8.31. The molecule has 1 rings (SSSR count). The summed E-state index contributed by atoms with van der Waals surface area (Å²) in [5.74, 6) is 0.789. The molecule has 0 saturated carbocycles. The maximum Gasteiger partial charge on any atom is 0.157 e. The molecule has 3 atom stereocenters. The van der Waals surface area contributed by atoms with Crippen LogP contribution in [0.2, 0.25) is 0 Å². The summed E-state index contributed by atoms with van der Waals surface area (Å²) in [6.07, 6.45) is 1.37. The van der Waals surface area contributed by atoms with Crippen LogP contribution >= 0.6 is 11.6 Å². The lowest BCUT2D eigenvalue weighted by atomic mass is 10.0. The van der Waals surface area contributed by atoms with Crippen LogP contribution in [0.15, 0.2) is 0 Å². The number of rotatable bonds is 2. The van der Waals surface area contributed by atoms with Crippen molar-refractivity contribution in [3.05, 3.63) is 0 Å². The van der Waals surface area contributed by atoms with Gasteiger partial charge in [0.05, 0.1) is 6.10 Å². The normalized spacial score (nSPS) is 40.5. The van der Waals surface area contributed by atoms with Crippen molar-refractivity contribution < 1.29 is 9.84 Å². The second kappa shape index (κ2) is 3.56. The van der Waals surface area contributed by atoms with Crippen LogP contribution in [0.3, 0.4) is 0 Å². The summed E-state index contributed by atoms with van der Waals surface area (Å²) in [5, 5.41) is 9.21. The van der Waals surface area contributed by atoms with E-state index in [1.165, 1.54) is 0 Å². The zero-order valence-electron chi connectivity index (χ0n) is 6.09. The molecule has 1 fully saturated rings. The van der Waals surface area contributed by atoms with Gasteiger partial charge in [-0.2, -0.15) is 0 Å². The molecular formula is C7H13ClO2. The number of hydrogen-bond acceptors (Lipinski definition) is 2. The van der Waals surface area contributed by atoms with E-state index in [0.29, 0.717) is 11.8 Å². The maximum atomic E-state index is 9.21. The second-order valence-corrected chi connectivity index (χ2v) is 3.02. The smallest absolute Gasteiger partial charge is 0.157 e. The van der Waals surface area contributed by atoms with Gasteiger partial charge < -0.3 is 9.84 Å². The number of alkyl halides is 1. The fourth-order valence-corrected chi connectivity index (χ4v) is 1.48. The van der Waals surface area contributed by atoms with Gasteiger partial charge in [0.15, 0.2) is 6.29 Å². The number of halogens is 1. The number of aliphatic hydroxyl groups is 1. The minimum Gasteiger partial charge on any atom is -0.368 e. The van der Waals surface area contributed by atoms with Crippen LogP contribution in [0, 0.1) is 5.92 Å². The van der Waals surface area contributed by atoms with E-state index in [-0.39, 0.29) is 6.10 Å². The third-order valence-corrected chi connectivity index (χ3v) is 2.34. The molecule has 1 aliphatic heterocycles. The molecule has 2 unspecified atom stereocenters. The van der Waals surface area contributed by atoms with Gasteiger partial charge in [-0.15, -0.1) is 11.6 Å². The van der Waals surface area contributed by atoms with Crippen molar-refractivity contribution in [3.63, 3.8) is 0 Å². The van der Waals surface area contributed by atoms with Crippen LogP contribution in [-0.2, 0) is 4.74 Å². The SMILES string of the molecule is CCC1C[C@H](CCl)OC1O. The minimum absolute atomic E-state index is 0.0709. The minimum atomic E-state index is -0.575. The summed E-state index contributed by atoms with van der Waals surface area (Å²) in [6, 6.07) is 0. The summed E-state index contributed by atoms with van der Waals surface area (Å²) in [6.45, 7) is 2.05. The van der Waals surface area contributed by atoms with E-state index in [1.807, 2.05) is 6.92 Å². The predicted molar refractivity (Wildman–Crippen MR) is 40.0 cm³/mol. The van der Waals surface area contributed by atoms with Crippen LogP contribution in [0.4, 0.5) is 0 Å². The molecule has 0 aromatic heterocycles. The predicted octanol–water partition coefficient (Wildman–Crippen LogP) is 1.36. The average Bonchev–Trinajstić information content (AvgIpc) is 2.30. The fourth-order valence-electron chi connectivity index (χ4n) is 1.29. The number of ether oxygens (including phenoxy) is 1. The molecule has 1 heterocycles. The molecule has 1 aliphatic rings. The highest BCUT2D eigenvalue weighted by atomic mass is 35.5. The Labute approximate surface area is 66.1 Å². The van der Waals surface area contributed by atoms with Gasteiger partial charge in [0.1, 0.15) is 0 Å². The van der Waals surface area contributed by atoms with Gasteiger partial charge in [0.2, 0.25) is 0 Å². The van der Waals surface area contributed by atoms with E-state index >= 15 is 0 Å². The van der Waals surface area contributed by atoms with Gasteiger partial charge in [-0.05, 0) is 12.8 Å². The van der Waals surface area contributed by atoms with E-state index in [2.05, 4.69) is 0 Å². The van der Waals surface area contributed by atoms with Gasteiger partial charge in [-0.3, -0.25) is 0 Å². The molecule has 10 heavy (non-hydrogen) atoms. The Bertz CT molecular complexity index is 108. The van der Waals surface area contributed by atoms with E-state index in [4.69, 9.17) is 16.3 Å². The quantitative estimate of drug-likeness (QED) is 0.625. The molecule has 0 aromatic carbocycles. The van der Waals surface area contributed by atoms with Crippen LogP contribution in [0.1, 0.15) is 19.8 Å². The molecule has 2 nitrogen and oxygen atoms in total. The highest BCUT2D eigenvalue weighted by molar-refractivity contribution is 6.18. The molecule has 0 bridgehead atoms. The van der Waals surface area contributed by atoms with Crippen LogP contribution in [0.5, 0.6) is 0 Å². The first-order chi connectivity index (χ1) is 4.77. The van der Waals surface area contributed by atoms with E-state index < -0.39 is 6.29 Å². The molecule has 3 heteroatoms. The molecule has 0 spiro atoms. The van der Waals surface area contributed by atoms with Crippen LogP contribution in [-0.4, -0.2) is 23.4 Å². The molecule has 1 saturated heterocycles. The third-order valence-electron chi connectivity index (χ3n) is 2.00. The first-order valence-corrected chi connectivity index (χ1v) is 4.20. The molecular weight excluding hydrogens is 152 g/mol. The van der Waals surface area contributed by atoms with Gasteiger partial charge in [0.25, 0.3) is 0 Å². The molecule has 0 amide bonds. The van der Waals surface area contributed by atoms with Crippen molar-refractivity contribution in [2.75, 3.05) is 5.88 Å². The Hall–Kier alpha value is 0.210. The highest BCUT2D eigenvalue weighted by Crippen LogP contribution is 2.27. The lowest BCUT2D eigenvalue weighted by molar-refractivity contribution is -0.103. The summed E-state index contributed by atoms with van der Waals surface area (Å²) >= 11 is 5.56. The molecule has 0 aliphatic carbocycles. The van der Waals surface area contributed by atoms with Crippen molar-refractivity contribution in [2.45, 2.75) is 32.2 Å². The monoisotopic (exact) mass is 164 g/mol. The largest absolute Gasteiger partial charge is 0.368 e. The molecule has 0 aromatic rings. The lowest BCUT2D eigenvalue weighted by Crippen LogP contribution is -2.14. The fraction of sp³-hybridized carbons (Fsp3) is 1.00. The second-order valence-electron chi connectivity index (χ2n) is 2.71. The molecule has 1 N–H and O–H groups in total. The zero-order chi connectivity index (χ0) is 7.56. The third kappa shape index (κ3) is 1.62. The van der Waals surface area contributed by atoms with Crippen molar-refractivity contribution in [1.29, 1.82) is 0 Å². The van der Waals surface area contributed by atoms with Crippen molar-refractivity contribution in [3.8, 4) is 0 Å². The Morgan fingerprint density at radius 2 is 2.40 bits per heavy atom. The van der Waals surface area contributed by atoms with Gasteiger partial charge in [-0.1, -0.05) is 6.92 Å². The lowest BCUT2D eigenvalue weighted by Gasteiger charge is -2.08. The zero-order valence-corrected chi connectivity index (χ0v) is 6.84. The van der Waals surface area contributed by atoms with Crippen molar-refractivity contribution in [2.24, 2.45) is 5.92 Å². The molecule has 0 radical (unpaired) electrons. The summed E-state index contributed by atoms with van der Waals surface area (Å²) < 4.78 is 5.14. The van der Waals surface area contributed by atoms with Gasteiger partial charge in [0, 0.05) is 11.8 Å². The van der Waals surface area contributed by atoms with E-state index in [1.54, 1.807) is 0 Å². The number of hydrogen-bond donors (Lipinski definition) is 1. The van der Waals surface area contributed by atoms with Crippen molar-refractivity contribution >= 4 is 11.6 Å². The first-order valence-electron chi connectivity index (χ1n) is 3.67. The highest BCUT2D eigenvalue weighted by Gasteiger charge is 2.31. The van der Waals surface area contributed by atoms with Crippen molar-refractivity contribution in [1.82, 2.24) is 0 Å². The topological polar surface area (TPSA) is 29.5 Å². The number of aliphatic hydroxyl groups excluding tert-OH is 1. The average molecular weight is 165 g/mol. The van der Waals surface area contributed by atoms with Crippen LogP contribution < -0.4 is 0 Å². The summed E-state index contributed by atoms with van der Waals surface area (Å²) in [7, 11) is 0. The van der Waals surface area contributed by atoms with Crippen LogP contribution in [0.25, 0.3) is 0 Å². The standard InChI is InChI=1S/C7H13ClO2/c1-2-5-3-6(4-8)10-7(5)9/h5-7,9H,2-4H2,1H3/t5?,6-,7?/m1/s1. The van der Waals surface area contributed by atoms with E-state index in [0.717, 1.165) is 12.8 Å². The summed E-state index contributed by atoms with van der Waals surface area (Å²) in [5.41, 5.74) is 0. The maximum absolute atomic E-state index is 9.21. The Kier molecular flexibility index (Phi) is 2.96. The Morgan fingerprint density at radius 3 is 2.70 bits per heavy atom. The Morgan fingerprint density at radius 1 is 1.70 bits per heavy atom. The van der Waals surface area contributed by atoms with Gasteiger partial charge >= 0.3 is 0 Å². The Balaban J connectivity index is 2.36. The summed E-state index contributed by atoms with van der Waals surface area (Å²) in [4.78, 5) is 0.